The van der Waals surface area contributed by atoms with E-state index >= 15 is 0 Å². The normalized spacial score (nSPS) is 15.3. The molecule has 0 spiro atoms. The standard InChI is InChI=1S/C17H28N2O2S.ClH/c1-19(11-13-5-7-18-8-6-13)12-14-9-15(20-2)16(21-3)10-17(14)22-4;/h9-10,13,18H,5-8,11-12H2,1-4H3;1H. The first-order chi connectivity index (χ1) is 10.7. The summed E-state index contributed by atoms with van der Waals surface area (Å²) in [5.41, 5.74) is 1.31. The molecular formula is C17H29ClN2O2S. The van der Waals surface area contributed by atoms with Gasteiger partial charge in [-0.05, 0) is 62.8 Å². The van der Waals surface area contributed by atoms with Crippen LogP contribution in [0.15, 0.2) is 17.0 Å². The van der Waals surface area contributed by atoms with Gasteiger partial charge < -0.3 is 19.7 Å². The molecule has 132 valence electrons. The number of ether oxygens (including phenoxy) is 2. The summed E-state index contributed by atoms with van der Waals surface area (Å²) < 4.78 is 10.8. The Morgan fingerprint density at radius 3 is 2.35 bits per heavy atom. The lowest BCUT2D eigenvalue weighted by Crippen LogP contribution is -2.34. The van der Waals surface area contributed by atoms with Crippen molar-refractivity contribution >= 4 is 24.2 Å². The quantitative estimate of drug-likeness (QED) is 0.755. The first-order valence-corrected chi connectivity index (χ1v) is 9.08. The van der Waals surface area contributed by atoms with Gasteiger partial charge in [0.15, 0.2) is 11.5 Å². The first-order valence-electron chi connectivity index (χ1n) is 7.86. The number of nitrogens with zero attached hydrogens (tertiary/aromatic N) is 1. The fourth-order valence-corrected chi connectivity index (χ4v) is 3.69. The van der Waals surface area contributed by atoms with Crippen LogP contribution in [0, 0.1) is 5.92 Å². The highest BCUT2D eigenvalue weighted by Crippen LogP contribution is 2.35. The van der Waals surface area contributed by atoms with Gasteiger partial charge in [0, 0.05) is 18.0 Å². The third kappa shape index (κ3) is 5.75. The molecule has 23 heavy (non-hydrogen) atoms. The third-order valence-corrected chi connectivity index (χ3v) is 5.08. The maximum Gasteiger partial charge on any atom is 0.161 e. The number of piperidine rings is 1. The van der Waals surface area contributed by atoms with E-state index in [0.29, 0.717) is 0 Å². The number of hydrogen-bond donors (Lipinski definition) is 1. The highest BCUT2D eigenvalue weighted by atomic mass is 35.5. The van der Waals surface area contributed by atoms with E-state index in [0.717, 1.165) is 43.6 Å². The highest BCUT2D eigenvalue weighted by molar-refractivity contribution is 7.98. The van der Waals surface area contributed by atoms with Gasteiger partial charge in [0.05, 0.1) is 14.2 Å². The van der Waals surface area contributed by atoms with Crippen LogP contribution >= 0.6 is 24.2 Å². The van der Waals surface area contributed by atoms with Crippen molar-refractivity contribution in [1.82, 2.24) is 10.2 Å². The average Bonchev–Trinajstić information content (AvgIpc) is 2.55. The molecule has 0 atom stereocenters. The van der Waals surface area contributed by atoms with Crippen molar-refractivity contribution < 1.29 is 9.47 Å². The number of rotatable bonds is 7. The van der Waals surface area contributed by atoms with Gasteiger partial charge in [-0.25, -0.2) is 0 Å². The fourth-order valence-electron chi connectivity index (χ4n) is 3.08. The van der Waals surface area contributed by atoms with E-state index in [-0.39, 0.29) is 12.4 Å². The number of nitrogens with one attached hydrogen (secondary N) is 1. The Bertz CT molecular complexity index is 482. The Morgan fingerprint density at radius 1 is 1.17 bits per heavy atom. The molecule has 2 rings (SSSR count). The summed E-state index contributed by atoms with van der Waals surface area (Å²) >= 11 is 1.76. The maximum atomic E-state index is 5.45. The lowest BCUT2D eigenvalue weighted by atomic mass is 9.97. The van der Waals surface area contributed by atoms with E-state index in [4.69, 9.17) is 9.47 Å². The molecule has 1 heterocycles. The minimum absolute atomic E-state index is 0. The van der Waals surface area contributed by atoms with Crippen molar-refractivity contribution in [2.75, 3.05) is 47.2 Å². The molecule has 0 bridgehead atoms. The molecule has 1 aromatic rings. The van der Waals surface area contributed by atoms with Crippen LogP contribution in [0.2, 0.25) is 0 Å². The number of thioether (sulfide) groups is 1. The zero-order chi connectivity index (χ0) is 15.9. The van der Waals surface area contributed by atoms with E-state index in [2.05, 4.69) is 35.7 Å². The monoisotopic (exact) mass is 360 g/mol. The van der Waals surface area contributed by atoms with Crippen LogP contribution in [0.25, 0.3) is 0 Å². The van der Waals surface area contributed by atoms with E-state index in [9.17, 15) is 0 Å². The van der Waals surface area contributed by atoms with Crippen LogP contribution in [-0.4, -0.2) is 52.1 Å². The highest BCUT2D eigenvalue weighted by Gasteiger charge is 2.17. The topological polar surface area (TPSA) is 33.7 Å². The van der Waals surface area contributed by atoms with Gasteiger partial charge in [0.2, 0.25) is 0 Å². The Hall–Kier alpha value is -0.620. The molecule has 0 aliphatic carbocycles. The zero-order valence-electron chi connectivity index (χ0n) is 14.6. The molecule has 0 amide bonds. The Labute approximate surface area is 150 Å². The summed E-state index contributed by atoms with van der Waals surface area (Å²) in [6, 6.07) is 4.20. The van der Waals surface area contributed by atoms with Crippen molar-refractivity contribution in [2.45, 2.75) is 24.3 Å². The van der Waals surface area contributed by atoms with Crippen molar-refractivity contribution in [1.29, 1.82) is 0 Å². The third-order valence-electron chi connectivity index (χ3n) is 4.26. The predicted octanol–water partition coefficient (Wildman–Crippen LogP) is 3.28. The number of hydrogen-bond acceptors (Lipinski definition) is 5. The van der Waals surface area contributed by atoms with Crippen LogP contribution in [0.4, 0.5) is 0 Å². The van der Waals surface area contributed by atoms with Crippen LogP contribution in [0.5, 0.6) is 11.5 Å². The molecule has 1 saturated heterocycles. The van der Waals surface area contributed by atoms with Crippen molar-refractivity contribution in [2.24, 2.45) is 5.92 Å². The van der Waals surface area contributed by atoms with Crippen LogP contribution < -0.4 is 14.8 Å². The Kier molecular flexibility index (Phi) is 9.14. The molecule has 4 nitrogen and oxygen atoms in total. The molecule has 0 saturated carbocycles. The average molecular weight is 361 g/mol. The summed E-state index contributed by atoms with van der Waals surface area (Å²) in [7, 11) is 5.59. The second-order valence-corrected chi connectivity index (χ2v) is 6.76. The smallest absolute Gasteiger partial charge is 0.161 e. The minimum atomic E-state index is 0. The van der Waals surface area contributed by atoms with Gasteiger partial charge in [-0.3, -0.25) is 0 Å². The first kappa shape index (κ1) is 20.4. The predicted molar refractivity (Wildman–Crippen MR) is 101 cm³/mol. The number of benzene rings is 1. The summed E-state index contributed by atoms with van der Waals surface area (Å²) in [6.07, 6.45) is 4.68. The fraction of sp³-hybridized carbons (Fsp3) is 0.647. The Balaban J connectivity index is 0.00000264. The molecule has 1 aliphatic heterocycles. The zero-order valence-corrected chi connectivity index (χ0v) is 16.2. The van der Waals surface area contributed by atoms with Crippen LogP contribution in [0.3, 0.4) is 0 Å². The van der Waals surface area contributed by atoms with Crippen molar-refractivity contribution in [3.63, 3.8) is 0 Å². The van der Waals surface area contributed by atoms with Gasteiger partial charge in [-0.1, -0.05) is 0 Å². The molecule has 6 heteroatoms. The molecule has 1 fully saturated rings. The molecular weight excluding hydrogens is 332 g/mol. The summed E-state index contributed by atoms with van der Waals surface area (Å²) in [5, 5.41) is 3.43. The molecule has 1 N–H and O–H groups in total. The molecule has 1 aliphatic rings. The maximum absolute atomic E-state index is 5.45. The van der Waals surface area contributed by atoms with Crippen molar-refractivity contribution in [3.8, 4) is 11.5 Å². The molecule has 0 radical (unpaired) electrons. The van der Waals surface area contributed by atoms with E-state index in [1.165, 1.54) is 23.3 Å². The van der Waals surface area contributed by atoms with E-state index in [1.54, 1.807) is 26.0 Å². The molecule has 1 aromatic carbocycles. The summed E-state index contributed by atoms with van der Waals surface area (Å²) in [5.74, 6) is 2.42. The second kappa shape index (κ2) is 10.3. The minimum Gasteiger partial charge on any atom is -0.493 e. The lowest BCUT2D eigenvalue weighted by molar-refractivity contribution is 0.233. The SMILES string of the molecule is COc1cc(CN(C)CC2CCNCC2)c(SC)cc1OC.Cl. The van der Waals surface area contributed by atoms with Gasteiger partial charge in [0.1, 0.15) is 0 Å². The molecule has 0 aromatic heterocycles. The van der Waals surface area contributed by atoms with Crippen molar-refractivity contribution in [3.05, 3.63) is 17.7 Å². The van der Waals surface area contributed by atoms with E-state index < -0.39 is 0 Å². The number of halogens is 1. The molecule has 0 unspecified atom stereocenters. The second-order valence-electron chi connectivity index (χ2n) is 5.91. The van der Waals surface area contributed by atoms with Crippen LogP contribution in [0.1, 0.15) is 18.4 Å². The van der Waals surface area contributed by atoms with Gasteiger partial charge >= 0.3 is 0 Å². The Morgan fingerprint density at radius 2 is 1.78 bits per heavy atom. The van der Waals surface area contributed by atoms with Gasteiger partial charge in [-0.2, -0.15) is 0 Å². The lowest BCUT2D eigenvalue weighted by Gasteiger charge is -2.28. The largest absolute Gasteiger partial charge is 0.493 e. The van der Waals surface area contributed by atoms with Gasteiger partial charge in [-0.15, -0.1) is 24.2 Å². The van der Waals surface area contributed by atoms with Crippen LogP contribution in [-0.2, 0) is 6.54 Å². The van der Waals surface area contributed by atoms with Gasteiger partial charge in [0.25, 0.3) is 0 Å². The summed E-state index contributed by atoms with van der Waals surface area (Å²) in [4.78, 5) is 3.69. The number of methoxy groups -OCH3 is 2. The summed E-state index contributed by atoms with van der Waals surface area (Å²) in [6.45, 7) is 4.42. The van der Waals surface area contributed by atoms with E-state index in [1.807, 2.05) is 0 Å².